The van der Waals surface area contributed by atoms with E-state index in [-0.39, 0.29) is 0 Å². The number of benzene rings is 6. The summed E-state index contributed by atoms with van der Waals surface area (Å²) in [7, 11) is 2.03. The van der Waals surface area contributed by atoms with E-state index < -0.39 is 11.6 Å². The van der Waals surface area contributed by atoms with Crippen molar-refractivity contribution in [2.75, 3.05) is 0 Å². The van der Waals surface area contributed by atoms with Gasteiger partial charge in [0.05, 0.1) is 12.4 Å². The lowest BCUT2D eigenvalue weighted by atomic mass is 9.95. The van der Waals surface area contributed by atoms with Crippen LogP contribution in [-0.2, 0) is 7.05 Å². The summed E-state index contributed by atoms with van der Waals surface area (Å²) in [5.41, 5.74) is 9.41. The molecule has 2 heterocycles. The van der Waals surface area contributed by atoms with Crippen molar-refractivity contribution >= 4 is 33.0 Å². The van der Waals surface area contributed by atoms with Gasteiger partial charge in [-0.25, -0.2) is 13.3 Å². The number of furan rings is 1. The molecule has 0 spiro atoms. The number of aromatic nitrogens is 2. The molecule has 3 nitrogen and oxygen atoms in total. The summed E-state index contributed by atoms with van der Waals surface area (Å²) in [5.74, 6) is -0.000398. The normalized spacial score (nSPS) is 11.6. The minimum atomic E-state index is -0.431. The lowest BCUT2D eigenvalue weighted by molar-refractivity contribution is -0.633. The van der Waals surface area contributed by atoms with Crippen LogP contribution in [0.25, 0.3) is 72.3 Å². The second-order valence-electron chi connectivity index (χ2n) is 11.1. The number of hydrogen-bond acceptors (Lipinski definition) is 1. The van der Waals surface area contributed by atoms with E-state index in [2.05, 4.69) is 63.7 Å². The topological polar surface area (TPSA) is 21.9 Å². The summed E-state index contributed by atoms with van der Waals surface area (Å²) < 4.78 is 40.8. The zero-order valence-electron chi connectivity index (χ0n) is 24.2. The van der Waals surface area contributed by atoms with E-state index >= 15 is 4.39 Å². The Morgan fingerprint density at radius 3 is 2.00 bits per heavy atom. The maximum Gasteiger partial charge on any atom is 0.299 e. The number of imidazole rings is 1. The molecule has 0 saturated carbocycles. The molecule has 0 bridgehead atoms. The Hall–Kier alpha value is -5.55. The molecule has 0 saturated heterocycles. The quantitative estimate of drug-likeness (QED) is 0.191. The molecule has 6 aromatic carbocycles. The number of nitrogens with zero attached hydrogens (tertiary/aromatic N) is 2. The van der Waals surface area contributed by atoms with Crippen molar-refractivity contribution in [2.45, 2.75) is 6.92 Å². The molecule has 0 N–H and O–H groups in total. The minimum Gasteiger partial charge on any atom is -0.455 e. The standard InChI is InChI=1S/C39H27F2N2O/c1-24-22-31(41)36-30-21-20-27(40)23-34(30)44-38(36)35(24)39-42(2)32-18-9-10-19-33(32)43(39)37-28(25-12-5-3-6-13-25)16-11-17-29(37)26-14-7-4-8-15-26/h3-23H,1-2H3/q+1. The van der Waals surface area contributed by atoms with Crippen LogP contribution >= 0.6 is 0 Å². The number of halogens is 2. The summed E-state index contributed by atoms with van der Waals surface area (Å²) in [6.45, 7) is 1.90. The highest BCUT2D eigenvalue weighted by atomic mass is 19.1. The second kappa shape index (κ2) is 10.0. The fraction of sp³-hybridized carbons (Fsp3) is 0.0513. The first-order valence-electron chi connectivity index (χ1n) is 14.6. The van der Waals surface area contributed by atoms with Crippen molar-refractivity contribution in [1.29, 1.82) is 0 Å². The predicted molar refractivity (Wildman–Crippen MR) is 173 cm³/mol. The second-order valence-corrected chi connectivity index (χ2v) is 11.1. The molecule has 0 aliphatic carbocycles. The Labute approximate surface area is 252 Å². The lowest BCUT2D eigenvalue weighted by Gasteiger charge is -2.16. The Kier molecular flexibility index (Phi) is 5.95. The summed E-state index contributed by atoms with van der Waals surface area (Å²) in [4.78, 5) is 0. The van der Waals surface area contributed by atoms with Crippen LogP contribution in [0.3, 0.4) is 0 Å². The van der Waals surface area contributed by atoms with Crippen LogP contribution in [0, 0.1) is 18.6 Å². The Balaban J connectivity index is 1.58. The van der Waals surface area contributed by atoms with E-state index in [1.165, 1.54) is 12.1 Å². The monoisotopic (exact) mass is 577 g/mol. The van der Waals surface area contributed by atoms with Gasteiger partial charge in [-0.1, -0.05) is 91.0 Å². The van der Waals surface area contributed by atoms with Gasteiger partial charge in [-0.3, -0.25) is 0 Å². The first-order valence-corrected chi connectivity index (χ1v) is 14.6. The van der Waals surface area contributed by atoms with E-state index in [4.69, 9.17) is 4.42 Å². The molecule has 8 rings (SSSR count). The van der Waals surface area contributed by atoms with Crippen LogP contribution in [-0.4, -0.2) is 4.57 Å². The van der Waals surface area contributed by atoms with Crippen molar-refractivity contribution in [1.82, 2.24) is 4.57 Å². The summed E-state index contributed by atoms with van der Waals surface area (Å²) >= 11 is 0. The van der Waals surface area contributed by atoms with Gasteiger partial charge in [0.1, 0.15) is 28.5 Å². The van der Waals surface area contributed by atoms with Crippen molar-refractivity contribution < 1.29 is 17.8 Å². The van der Waals surface area contributed by atoms with Gasteiger partial charge in [0.2, 0.25) is 0 Å². The smallest absolute Gasteiger partial charge is 0.299 e. The van der Waals surface area contributed by atoms with E-state index in [9.17, 15) is 4.39 Å². The molecule has 0 radical (unpaired) electrons. The molecule has 0 atom stereocenters. The highest BCUT2D eigenvalue weighted by molar-refractivity contribution is 6.10. The molecule has 0 aliphatic heterocycles. The van der Waals surface area contributed by atoms with E-state index in [0.29, 0.717) is 27.5 Å². The SMILES string of the molecule is Cc1cc(F)c2c(oc3cc(F)ccc32)c1-c1n(-c2c(-c3ccccc3)cccc2-c2ccccc2)c2ccccc2[n+]1C. The summed E-state index contributed by atoms with van der Waals surface area (Å²) in [5, 5.41) is 0.886. The van der Waals surface area contributed by atoms with E-state index in [1.807, 2.05) is 62.5 Å². The maximum absolute atomic E-state index is 15.7. The Bertz CT molecular complexity index is 2310. The van der Waals surface area contributed by atoms with Gasteiger partial charge in [-0.05, 0) is 53.9 Å². The number of rotatable bonds is 4. The highest BCUT2D eigenvalue weighted by Gasteiger charge is 2.34. The largest absolute Gasteiger partial charge is 0.455 e. The molecule has 0 aliphatic rings. The van der Waals surface area contributed by atoms with Crippen LogP contribution in [0.4, 0.5) is 8.78 Å². The van der Waals surface area contributed by atoms with Crippen LogP contribution in [0.2, 0.25) is 0 Å². The highest BCUT2D eigenvalue weighted by Crippen LogP contribution is 2.44. The molecular formula is C39H27F2N2O+. The van der Waals surface area contributed by atoms with E-state index in [0.717, 1.165) is 50.4 Å². The van der Waals surface area contributed by atoms with Gasteiger partial charge in [0.25, 0.3) is 5.82 Å². The maximum atomic E-state index is 15.7. The fourth-order valence-corrected chi connectivity index (χ4v) is 6.58. The first kappa shape index (κ1) is 26.1. The molecule has 0 unspecified atom stereocenters. The molecular weight excluding hydrogens is 550 g/mol. The Morgan fingerprint density at radius 1 is 0.682 bits per heavy atom. The molecule has 2 aromatic heterocycles. The third-order valence-corrected chi connectivity index (χ3v) is 8.52. The number of aryl methyl sites for hydroxylation is 2. The van der Waals surface area contributed by atoms with Crippen LogP contribution < -0.4 is 4.57 Å². The Morgan fingerprint density at radius 2 is 1.32 bits per heavy atom. The van der Waals surface area contributed by atoms with Crippen molar-refractivity contribution in [3.05, 3.63) is 145 Å². The predicted octanol–water partition coefficient (Wildman–Crippen LogP) is 9.94. The third kappa shape index (κ3) is 3.89. The van der Waals surface area contributed by atoms with Crippen molar-refractivity contribution in [2.24, 2.45) is 7.05 Å². The van der Waals surface area contributed by atoms with Gasteiger partial charge >= 0.3 is 0 Å². The minimum absolute atomic E-state index is 0.311. The van der Waals surface area contributed by atoms with Crippen molar-refractivity contribution in [3.63, 3.8) is 0 Å². The van der Waals surface area contributed by atoms with Gasteiger partial charge < -0.3 is 4.42 Å². The fourth-order valence-electron chi connectivity index (χ4n) is 6.58. The third-order valence-electron chi connectivity index (χ3n) is 8.52. The summed E-state index contributed by atoms with van der Waals surface area (Å²) in [6, 6.07) is 41.1. The zero-order chi connectivity index (χ0) is 29.9. The lowest BCUT2D eigenvalue weighted by Crippen LogP contribution is -2.30. The van der Waals surface area contributed by atoms with Gasteiger partial charge in [0.15, 0.2) is 16.6 Å². The molecule has 5 heteroatoms. The molecule has 212 valence electrons. The van der Waals surface area contributed by atoms with Crippen LogP contribution in [0.15, 0.2) is 132 Å². The zero-order valence-corrected chi connectivity index (χ0v) is 24.2. The molecule has 44 heavy (non-hydrogen) atoms. The molecule has 0 fully saturated rings. The van der Waals surface area contributed by atoms with Gasteiger partial charge in [-0.2, -0.15) is 4.57 Å². The van der Waals surface area contributed by atoms with Crippen LogP contribution in [0.5, 0.6) is 0 Å². The van der Waals surface area contributed by atoms with Gasteiger partial charge in [-0.15, -0.1) is 0 Å². The van der Waals surface area contributed by atoms with E-state index in [1.54, 1.807) is 12.1 Å². The molecule has 0 amide bonds. The average molecular weight is 578 g/mol. The number of hydrogen-bond donors (Lipinski definition) is 0. The number of fused-ring (bicyclic) bond motifs is 4. The van der Waals surface area contributed by atoms with Gasteiger partial charge in [0, 0.05) is 22.6 Å². The first-order chi connectivity index (χ1) is 21.5. The molecule has 8 aromatic rings. The van der Waals surface area contributed by atoms with Crippen LogP contribution in [0.1, 0.15) is 5.56 Å². The summed E-state index contributed by atoms with van der Waals surface area (Å²) in [6.07, 6.45) is 0. The van der Waals surface area contributed by atoms with Crippen molar-refractivity contribution in [3.8, 4) is 39.3 Å². The number of para-hydroxylation sites is 3. The average Bonchev–Trinajstić information content (AvgIpc) is 3.56.